The molecule has 2 nitrogen and oxygen atoms in total. The molecule has 0 saturated carbocycles. The van der Waals surface area contributed by atoms with Crippen molar-refractivity contribution < 1.29 is 13.9 Å². The average molecular weight is 182 g/mol. The highest BCUT2D eigenvalue weighted by atomic mass is 35.5. The Morgan fingerprint density at radius 2 is 1.73 bits per heavy atom. The maximum atomic E-state index is 12.3. The number of aromatic hydroxyl groups is 1. The minimum absolute atomic E-state index is 0. The van der Waals surface area contributed by atoms with Crippen molar-refractivity contribution in [1.29, 1.82) is 0 Å². The van der Waals surface area contributed by atoms with Crippen LogP contribution in [0.4, 0.5) is 14.5 Å². The number of benzene rings is 1. The van der Waals surface area contributed by atoms with Crippen LogP contribution in [0.15, 0.2) is 12.1 Å². The molecule has 1 rings (SSSR count). The van der Waals surface area contributed by atoms with Crippen LogP contribution in [-0.2, 0) is 0 Å². The minimum Gasteiger partial charge on any atom is -0.505 e. The number of hydrogen-bond acceptors (Lipinski definition) is 2. The fourth-order valence-corrected chi connectivity index (χ4v) is 0.554. The average Bonchev–Trinajstić information content (AvgIpc) is 1.84. The first-order chi connectivity index (χ1) is 4.61. The van der Waals surface area contributed by atoms with Crippen molar-refractivity contribution in [3.63, 3.8) is 0 Å². The first-order valence-electron chi connectivity index (χ1n) is 2.54. The Bertz CT molecular complexity index is 217. The van der Waals surface area contributed by atoms with E-state index in [2.05, 4.69) is 0 Å². The highest BCUT2D eigenvalue weighted by Gasteiger charge is 2.04. The highest BCUT2D eigenvalue weighted by Crippen LogP contribution is 2.20. The first kappa shape index (κ1) is 9.97. The van der Waals surface area contributed by atoms with Gasteiger partial charge in [-0.25, -0.2) is 8.78 Å². The van der Waals surface area contributed by atoms with E-state index in [0.717, 1.165) is 6.07 Å². The molecular weight excluding hydrogens is 176 g/mol. The van der Waals surface area contributed by atoms with Crippen molar-refractivity contribution in [2.45, 2.75) is 0 Å². The summed E-state index contributed by atoms with van der Waals surface area (Å²) in [6, 6.07) is 1.36. The van der Waals surface area contributed by atoms with E-state index < -0.39 is 17.4 Å². The van der Waals surface area contributed by atoms with Crippen LogP contribution in [-0.4, -0.2) is 5.11 Å². The van der Waals surface area contributed by atoms with Gasteiger partial charge in [-0.15, -0.1) is 12.4 Å². The van der Waals surface area contributed by atoms with Crippen LogP contribution < -0.4 is 5.73 Å². The summed E-state index contributed by atoms with van der Waals surface area (Å²) in [5, 5.41) is 8.60. The molecule has 0 radical (unpaired) electrons. The Balaban J connectivity index is 0.000001000. The van der Waals surface area contributed by atoms with Gasteiger partial charge in [0.25, 0.3) is 0 Å². The van der Waals surface area contributed by atoms with E-state index in [-0.39, 0.29) is 18.1 Å². The van der Waals surface area contributed by atoms with Crippen molar-refractivity contribution in [2.75, 3.05) is 5.73 Å². The quantitative estimate of drug-likeness (QED) is 0.598. The topological polar surface area (TPSA) is 46.2 Å². The molecule has 0 unspecified atom stereocenters. The molecule has 0 fully saturated rings. The van der Waals surface area contributed by atoms with Crippen molar-refractivity contribution in [3.8, 4) is 5.75 Å². The molecule has 3 N–H and O–H groups in total. The monoisotopic (exact) mass is 181 g/mol. The molecule has 0 bridgehead atoms. The molecule has 62 valence electrons. The summed E-state index contributed by atoms with van der Waals surface area (Å²) in [7, 11) is 0. The minimum atomic E-state index is -1.01. The smallest absolute Gasteiger partial charge is 0.167 e. The maximum Gasteiger partial charge on any atom is 0.167 e. The summed E-state index contributed by atoms with van der Waals surface area (Å²) in [4.78, 5) is 0. The molecule has 0 aliphatic heterocycles. The molecule has 0 saturated heterocycles. The lowest BCUT2D eigenvalue weighted by atomic mass is 10.3. The lowest BCUT2D eigenvalue weighted by Crippen LogP contribution is -1.91. The number of rotatable bonds is 0. The van der Waals surface area contributed by atoms with Crippen LogP contribution in [0.2, 0.25) is 0 Å². The third-order valence-corrected chi connectivity index (χ3v) is 1.07. The number of hydrogen-bond donors (Lipinski definition) is 2. The van der Waals surface area contributed by atoms with Crippen LogP contribution in [0, 0.1) is 11.6 Å². The lowest BCUT2D eigenvalue weighted by Gasteiger charge is -1.97. The summed E-state index contributed by atoms with van der Waals surface area (Å²) in [6.45, 7) is 0. The van der Waals surface area contributed by atoms with E-state index in [0.29, 0.717) is 6.07 Å². The molecule has 1 aromatic carbocycles. The van der Waals surface area contributed by atoms with Gasteiger partial charge in [-0.05, 0) is 0 Å². The van der Waals surface area contributed by atoms with Crippen LogP contribution in [0.1, 0.15) is 0 Å². The summed E-state index contributed by atoms with van der Waals surface area (Å²) in [6.07, 6.45) is 0. The predicted octanol–water partition coefficient (Wildman–Crippen LogP) is 1.67. The van der Waals surface area contributed by atoms with Gasteiger partial charge in [0.2, 0.25) is 0 Å². The first-order valence-corrected chi connectivity index (χ1v) is 2.54. The largest absolute Gasteiger partial charge is 0.505 e. The molecule has 11 heavy (non-hydrogen) atoms. The van der Waals surface area contributed by atoms with E-state index >= 15 is 0 Å². The van der Waals surface area contributed by atoms with E-state index in [1.54, 1.807) is 0 Å². The maximum absolute atomic E-state index is 12.3. The zero-order valence-electron chi connectivity index (χ0n) is 5.34. The predicted molar refractivity (Wildman–Crippen MR) is 39.7 cm³/mol. The Morgan fingerprint density at radius 3 is 2.18 bits per heavy atom. The molecule has 1 aromatic rings. The zero-order valence-corrected chi connectivity index (χ0v) is 6.16. The Kier molecular flexibility index (Phi) is 3.07. The number of phenols is 1. The fourth-order valence-electron chi connectivity index (χ4n) is 0.554. The standard InChI is InChI=1S/C6H5F2NO.ClH/c7-3-1-4(8)6(10)2-5(3)9;/h1-2,10H,9H2;1H. The van der Waals surface area contributed by atoms with Crippen LogP contribution in [0.3, 0.4) is 0 Å². The van der Waals surface area contributed by atoms with Gasteiger partial charge >= 0.3 is 0 Å². The van der Waals surface area contributed by atoms with Crippen LogP contribution in [0.5, 0.6) is 5.75 Å². The summed E-state index contributed by atoms with van der Waals surface area (Å²) in [5.74, 6) is -2.51. The van der Waals surface area contributed by atoms with Crippen molar-refractivity contribution in [1.82, 2.24) is 0 Å². The Labute approximate surface area is 68.0 Å². The van der Waals surface area contributed by atoms with Crippen LogP contribution >= 0.6 is 12.4 Å². The second-order valence-corrected chi connectivity index (χ2v) is 1.83. The number of halogens is 3. The van der Waals surface area contributed by atoms with Crippen LogP contribution in [0.25, 0.3) is 0 Å². The Morgan fingerprint density at radius 1 is 1.18 bits per heavy atom. The second-order valence-electron chi connectivity index (χ2n) is 1.83. The highest BCUT2D eigenvalue weighted by molar-refractivity contribution is 5.85. The summed E-state index contributed by atoms with van der Waals surface area (Å²) in [5.41, 5.74) is 4.72. The summed E-state index contributed by atoms with van der Waals surface area (Å²) < 4.78 is 24.5. The lowest BCUT2D eigenvalue weighted by molar-refractivity contribution is 0.428. The van der Waals surface area contributed by atoms with Gasteiger partial charge in [-0.1, -0.05) is 0 Å². The van der Waals surface area contributed by atoms with Crippen molar-refractivity contribution in [3.05, 3.63) is 23.8 Å². The third kappa shape index (κ3) is 1.94. The molecule has 0 aliphatic carbocycles. The number of anilines is 1. The van der Waals surface area contributed by atoms with Gasteiger partial charge in [0.05, 0.1) is 5.69 Å². The van der Waals surface area contributed by atoms with Gasteiger partial charge in [-0.3, -0.25) is 0 Å². The van der Waals surface area contributed by atoms with Gasteiger partial charge in [-0.2, -0.15) is 0 Å². The van der Waals surface area contributed by atoms with Crippen molar-refractivity contribution in [2.24, 2.45) is 0 Å². The SMILES string of the molecule is Cl.Nc1cc(O)c(F)cc1F. The number of phenolic OH excluding ortho intramolecular Hbond substituents is 1. The zero-order chi connectivity index (χ0) is 7.72. The molecule has 0 amide bonds. The third-order valence-electron chi connectivity index (χ3n) is 1.07. The molecule has 0 atom stereocenters. The van der Waals surface area contributed by atoms with E-state index in [9.17, 15) is 8.78 Å². The van der Waals surface area contributed by atoms with Gasteiger partial charge in [0, 0.05) is 12.1 Å². The molecule has 0 heterocycles. The van der Waals surface area contributed by atoms with Gasteiger partial charge < -0.3 is 10.8 Å². The summed E-state index contributed by atoms with van der Waals surface area (Å²) >= 11 is 0. The second kappa shape index (κ2) is 3.39. The normalized spacial score (nSPS) is 8.91. The van der Waals surface area contributed by atoms with Gasteiger partial charge in [0.15, 0.2) is 11.6 Å². The molecular formula is C6H6ClF2NO. The van der Waals surface area contributed by atoms with Crippen molar-refractivity contribution >= 4 is 18.1 Å². The molecule has 0 aliphatic rings. The van der Waals surface area contributed by atoms with E-state index in [4.69, 9.17) is 10.8 Å². The van der Waals surface area contributed by atoms with E-state index in [1.807, 2.05) is 0 Å². The number of nitrogens with two attached hydrogens (primary N) is 1. The number of nitrogen functional groups attached to an aromatic ring is 1. The van der Waals surface area contributed by atoms with E-state index in [1.165, 1.54) is 0 Å². The Hall–Kier alpha value is -1.03. The molecule has 0 aromatic heterocycles. The fraction of sp³-hybridized carbons (Fsp3) is 0. The molecule has 5 heteroatoms. The van der Waals surface area contributed by atoms with Gasteiger partial charge in [0.1, 0.15) is 5.82 Å². The molecule has 0 spiro atoms.